The molecule has 1 aliphatic rings. The van der Waals surface area contributed by atoms with E-state index in [4.69, 9.17) is 9.47 Å². The van der Waals surface area contributed by atoms with Crippen LogP contribution in [0.2, 0.25) is 0 Å². The zero-order valence-electron chi connectivity index (χ0n) is 18.0. The van der Waals surface area contributed by atoms with Gasteiger partial charge in [-0.25, -0.2) is 0 Å². The van der Waals surface area contributed by atoms with Crippen molar-refractivity contribution in [1.29, 1.82) is 0 Å². The molecule has 9 nitrogen and oxygen atoms in total. The number of rotatable bonds is 4. The van der Waals surface area contributed by atoms with E-state index in [0.717, 1.165) is 27.1 Å². The van der Waals surface area contributed by atoms with Crippen molar-refractivity contribution in [2.24, 2.45) is 0 Å². The summed E-state index contributed by atoms with van der Waals surface area (Å²) in [6, 6.07) is 12.5. The fourth-order valence-electron chi connectivity index (χ4n) is 3.88. The summed E-state index contributed by atoms with van der Waals surface area (Å²) >= 11 is 0.986. The van der Waals surface area contributed by atoms with Crippen LogP contribution in [0.5, 0.6) is 11.5 Å². The monoisotopic (exact) mass is 462 g/mol. The maximum Gasteiger partial charge on any atom is 0.296 e. The minimum Gasteiger partial charge on any atom is -0.493 e. The Morgan fingerprint density at radius 1 is 1.00 bits per heavy atom. The van der Waals surface area contributed by atoms with Crippen molar-refractivity contribution in [3.8, 4) is 11.5 Å². The van der Waals surface area contributed by atoms with Gasteiger partial charge in [0.15, 0.2) is 11.5 Å². The second-order valence-electron chi connectivity index (χ2n) is 7.42. The van der Waals surface area contributed by atoms with Gasteiger partial charge in [0.25, 0.3) is 17.0 Å². The van der Waals surface area contributed by atoms with E-state index in [9.17, 15) is 14.4 Å². The third kappa shape index (κ3) is 3.26. The third-order valence-corrected chi connectivity index (χ3v) is 6.56. The van der Waals surface area contributed by atoms with Crippen LogP contribution in [-0.2, 0) is 11.2 Å². The fourth-order valence-corrected chi connectivity index (χ4v) is 4.87. The van der Waals surface area contributed by atoms with Gasteiger partial charge in [-0.3, -0.25) is 14.4 Å². The van der Waals surface area contributed by atoms with Crippen LogP contribution in [0.15, 0.2) is 52.1 Å². The van der Waals surface area contributed by atoms with Gasteiger partial charge < -0.3 is 14.4 Å². The number of likely N-dealkylation sites (N-methyl/N-ethyl adjacent to an activating group) is 1. The molecular formula is C23H18N4O5S. The number of benzene rings is 2. The Morgan fingerprint density at radius 2 is 1.76 bits per heavy atom. The molecule has 0 saturated carbocycles. The van der Waals surface area contributed by atoms with E-state index in [2.05, 4.69) is 10.1 Å². The number of para-hydroxylation sites is 1. The Balaban J connectivity index is 1.66. The van der Waals surface area contributed by atoms with Crippen molar-refractivity contribution >= 4 is 33.5 Å². The van der Waals surface area contributed by atoms with E-state index in [0.29, 0.717) is 22.6 Å². The number of hydrogen-bond donors (Lipinski definition) is 0. The number of carbonyl (C=O) groups excluding carboxylic acids is 1. The van der Waals surface area contributed by atoms with Gasteiger partial charge in [-0.15, -0.1) is 0 Å². The minimum atomic E-state index is -0.530. The van der Waals surface area contributed by atoms with Gasteiger partial charge in [-0.2, -0.15) is 14.6 Å². The molecule has 3 heterocycles. The Bertz CT molecular complexity index is 1610. The molecule has 10 heteroatoms. The second kappa shape index (κ2) is 7.82. The first kappa shape index (κ1) is 20.8. The van der Waals surface area contributed by atoms with Crippen LogP contribution in [0.3, 0.4) is 0 Å². The lowest BCUT2D eigenvalue weighted by molar-refractivity contribution is -0.112. The van der Waals surface area contributed by atoms with Gasteiger partial charge in [0.2, 0.25) is 4.96 Å². The number of ether oxygens (including phenoxy) is 2. The van der Waals surface area contributed by atoms with Gasteiger partial charge >= 0.3 is 0 Å². The molecule has 0 spiro atoms. The normalized spacial score (nSPS) is 14.6. The van der Waals surface area contributed by atoms with E-state index in [1.807, 2.05) is 18.2 Å². The molecule has 0 aliphatic carbocycles. The molecule has 1 amide bonds. The molecule has 0 atom stereocenters. The predicted octanol–water partition coefficient (Wildman–Crippen LogP) is 1.01. The molecule has 5 rings (SSSR count). The lowest BCUT2D eigenvalue weighted by Crippen LogP contribution is -2.32. The van der Waals surface area contributed by atoms with Crippen molar-refractivity contribution in [2.75, 3.05) is 26.2 Å². The number of fused-ring (bicyclic) bond motifs is 2. The highest BCUT2D eigenvalue weighted by atomic mass is 32.1. The summed E-state index contributed by atoms with van der Waals surface area (Å²) in [5.41, 5.74) is 1.53. The first-order valence-electron chi connectivity index (χ1n) is 9.98. The largest absolute Gasteiger partial charge is 0.493 e. The van der Waals surface area contributed by atoms with E-state index in [1.54, 1.807) is 31.3 Å². The number of methoxy groups -OCH3 is 2. The lowest BCUT2D eigenvalue weighted by atomic mass is 10.1. The molecule has 33 heavy (non-hydrogen) atoms. The van der Waals surface area contributed by atoms with Crippen LogP contribution in [-0.4, -0.2) is 41.8 Å². The maximum absolute atomic E-state index is 13.2. The average Bonchev–Trinajstić information content (AvgIpc) is 3.26. The average molecular weight is 462 g/mol. The molecule has 0 bridgehead atoms. The predicted molar refractivity (Wildman–Crippen MR) is 123 cm³/mol. The summed E-state index contributed by atoms with van der Waals surface area (Å²) in [4.78, 5) is 44.5. The highest BCUT2D eigenvalue weighted by Gasteiger charge is 2.31. The van der Waals surface area contributed by atoms with Crippen LogP contribution in [0.25, 0.3) is 10.5 Å². The number of hydrogen-bond acceptors (Lipinski definition) is 8. The Kier molecular flexibility index (Phi) is 4.94. The van der Waals surface area contributed by atoms with Crippen molar-refractivity contribution in [1.82, 2.24) is 14.6 Å². The van der Waals surface area contributed by atoms with Gasteiger partial charge in [0, 0.05) is 19.0 Å². The molecule has 0 N–H and O–H groups in total. The molecule has 0 unspecified atom stereocenters. The van der Waals surface area contributed by atoms with Gasteiger partial charge in [-0.05, 0) is 23.8 Å². The SMILES string of the molecule is COc1ccc(Cc2nn3c(=O)c(=C4C(=O)N(C)c5ccccc54)sc3nc2=O)cc1OC. The molecule has 1 aliphatic heterocycles. The van der Waals surface area contributed by atoms with Crippen molar-refractivity contribution in [3.63, 3.8) is 0 Å². The molecule has 166 valence electrons. The first-order valence-corrected chi connectivity index (χ1v) is 10.8. The van der Waals surface area contributed by atoms with Crippen LogP contribution in [0.4, 0.5) is 5.69 Å². The molecule has 2 aromatic heterocycles. The molecule has 2 aromatic carbocycles. The number of aromatic nitrogens is 3. The Morgan fingerprint density at radius 3 is 2.52 bits per heavy atom. The second-order valence-corrected chi connectivity index (χ2v) is 8.39. The highest BCUT2D eigenvalue weighted by molar-refractivity contribution is 7.15. The summed E-state index contributed by atoms with van der Waals surface area (Å²) < 4.78 is 11.9. The highest BCUT2D eigenvalue weighted by Crippen LogP contribution is 2.33. The number of anilines is 1. The zero-order valence-corrected chi connectivity index (χ0v) is 18.8. The molecule has 0 saturated heterocycles. The van der Waals surface area contributed by atoms with Gasteiger partial charge in [0.05, 0.1) is 25.5 Å². The summed E-state index contributed by atoms with van der Waals surface area (Å²) in [7, 11) is 4.72. The Labute approximate surface area is 191 Å². The topological polar surface area (TPSA) is 103 Å². The van der Waals surface area contributed by atoms with Gasteiger partial charge in [-0.1, -0.05) is 35.6 Å². The number of amides is 1. The zero-order chi connectivity index (χ0) is 23.3. The van der Waals surface area contributed by atoms with E-state index in [1.165, 1.54) is 19.1 Å². The lowest BCUT2D eigenvalue weighted by Gasteiger charge is -2.09. The molecule has 0 radical (unpaired) electrons. The van der Waals surface area contributed by atoms with E-state index < -0.39 is 11.1 Å². The third-order valence-electron chi connectivity index (χ3n) is 5.53. The standard InChI is InChI=1S/C23H18N4O5S/c1-26-15-7-5-4-6-13(15)18(21(26)29)19-22(30)27-23(33-19)24-20(28)14(25-27)10-12-8-9-16(31-2)17(11-12)32-3/h4-9,11H,10H2,1-3H3. The number of carbonyl (C=O) groups is 1. The van der Waals surface area contributed by atoms with Crippen LogP contribution in [0, 0.1) is 0 Å². The molecular weight excluding hydrogens is 444 g/mol. The van der Waals surface area contributed by atoms with Crippen molar-refractivity contribution in [2.45, 2.75) is 6.42 Å². The molecule has 4 aromatic rings. The quantitative estimate of drug-likeness (QED) is 0.446. The minimum absolute atomic E-state index is 0.112. The number of thiazole rings is 1. The number of nitrogens with zero attached hydrogens (tertiary/aromatic N) is 4. The maximum atomic E-state index is 13.2. The Hall–Kier alpha value is -4.05. The summed E-state index contributed by atoms with van der Waals surface area (Å²) in [6.45, 7) is 0. The van der Waals surface area contributed by atoms with Gasteiger partial charge in [0.1, 0.15) is 10.2 Å². The summed E-state index contributed by atoms with van der Waals surface area (Å²) in [6.07, 6.45) is 0.154. The van der Waals surface area contributed by atoms with Crippen LogP contribution < -0.4 is 30.0 Å². The molecule has 0 fully saturated rings. The van der Waals surface area contributed by atoms with Crippen molar-refractivity contribution < 1.29 is 14.3 Å². The van der Waals surface area contributed by atoms with Crippen LogP contribution >= 0.6 is 11.3 Å². The first-order chi connectivity index (χ1) is 15.9. The van der Waals surface area contributed by atoms with E-state index >= 15 is 0 Å². The summed E-state index contributed by atoms with van der Waals surface area (Å²) in [5, 5.41) is 4.29. The fraction of sp³-hybridized carbons (Fsp3) is 0.174. The smallest absolute Gasteiger partial charge is 0.296 e. The summed E-state index contributed by atoms with van der Waals surface area (Å²) in [5.74, 6) is 0.797. The van der Waals surface area contributed by atoms with E-state index in [-0.39, 0.29) is 27.5 Å². The van der Waals surface area contributed by atoms with Crippen molar-refractivity contribution in [3.05, 3.63) is 84.5 Å². The van der Waals surface area contributed by atoms with Crippen LogP contribution in [0.1, 0.15) is 16.8 Å².